The Bertz CT molecular complexity index is 217. The Kier molecular flexibility index (Phi) is 3.06. The number of likely N-dealkylation sites (tertiary alicyclic amines) is 1. The first-order valence-corrected chi connectivity index (χ1v) is 5.79. The number of rotatable bonds is 2. The van der Waals surface area contributed by atoms with Crippen LogP contribution >= 0.6 is 0 Å². The van der Waals surface area contributed by atoms with Gasteiger partial charge < -0.3 is 10.2 Å². The molecule has 80 valence electrons. The van der Waals surface area contributed by atoms with E-state index in [1.54, 1.807) is 0 Å². The molecule has 1 amide bonds. The number of amides is 1. The van der Waals surface area contributed by atoms with Gasteiger partial charge in [0.1, 0.15) is 0 Å². The lowest BCUT2D eigenvalue weighted by Gasteiger charge is -2.31. The van der Waals surface area contributed by atoms with E-state index in [0.717, 1.165) is 25.9 Å². The molecule has 0 aromatic heterocycles. The first kappa shape index (κ1) is 9.97. The zero-order valence-corrected chi connectivity index (χ0v) is 8.96. The molecule has 0 saturated carbocycles. The largest absolute Gasteiger partial charge is 0.341 e. The maximum absolute atomic E-state index is 11.4. The van der Waals surface area contributed by atoms with E-state index in [4.69, 9.17) is 0 Å². The molecule has 2 atom stereocenters. The normalized spacial score (nSPS) is 33.8. The third-order valence-corrected chi connectivity index (χ3v) is 3.32. The smallest absolute Gasteiger partial charge is 0.222 e. The van der Waals surface area contributed by atoms with E-state index in [9.17, 15) is 4.79 Å². The van der Waals surface area contributed by atoms with Gasteiger partial charge in [-0.1, -0.05) is 6.42 Å². The lowest BCUT2D eigenvalue weighted by molar-refractivity contribution is -0.128. The molecule has 2 aliphatic heterocycles. The second kappa shape index (κ2) is 4.30. The van der Waals surface area contributed by atoms with Crippen molar-refractivity contribution < 1.29 is 4.79 Å². The number of nitrogens with zero attached hydrogens (tertiary/aromatic N) is 1. The van der Waals surface area contributed by atoms with Crippen LogP contribution in [0.4, 0.5) is 0 Å². The van der Waals surface area contributed by atoms with Crippen molar-refractivity contribution in [2.45, 2.75) is 51.1 Å². The molecule has 2 aliphatic rings. The zero-order chi connectivity index (χ0) is 9.97. The molecular weight excluding hydrogens is 176 g/mol. The van der Waals surface area contributed by atoms with Crippen molar-refractivity contribution in [2.24, 2.45) is 0 Å². The van der Waals surface area contributed by atoms with Crippen molar-refractivity contribution >= 4 is 5.91 Å². The molecular formula is C11H20N2O. The number of piperidine rings is 1. The summed E-state index contributed by atoms with van der Waals surface area (Å²) >= 11 is 0. The molecule has 0 bridgehead atoms. The van der Waals surface area contributed by atoms with E-state index >= 15 is 0 Å². The monoisotopic (exact) mass is 196 g/mol. The Morgan fingerprint density at radius 2 is 2.29 bits per heavy atom. The van der Waals surface area contributed by atoms with Crippen LogP contribution in [-0.2, 0) is 4.79 Å². The summed E-state index contributed by atoms with van der Waals surface area (Å²) in [6.45, 7) is 4.15. The van der Waals surface area contributed by atoms with Crippen LogP contribution in [0.2, 0.25) is 0 Å². The van der Waals surface area contributed by atoms with Crippen LogP contribution < -0.4 is 5.32 Å². The van der Waals surface area contributed by atoms with Gasteiger partial charge in [-0.05, 0) is 26.2 Å². The van der Waals surface area contributed by atoms with Crippen LogP contribution in [0.5, 0.6) is 0 Å². The third-order valence-electron chi connectivity index (χ3n) is 3.32. The predicted octanol–water partition coefficient (Wildman–Crippen LogP) is 1.14. The van der Waals surface area contributed by atoms with Crippen LogP contribution in [0, 0.1) is 0 Å². The molecule has 1 N–H and O–H groups in total. The Labute approximate surface area is 85.8 Å². The number of hydrogen-bond acceptors (Lipinski definition) is 2. The SMILES string of the molecule is CC1CCCC(CN2CCCC2=O)N1. The van der Waals surface area contributed by atoms with E-state index in [0.29, 0.717) is 18.0 Å². The molecule has 2 unspecified atom stereocenters. The van der Waals surface area contributed by atoms with Gasteiger partial charge in [-0.25, -0.2) is 0 Å². The van der Waals surface area contributed by atoms with Gasteiger partial charge >= 0.3 is 0 Å². The van der Waals surface area contributed by atoms with Crippen molar-refractivity contribution in [3.8, 4) is 0 Å². The predicted molar refractivity (Wildman–Crippen MR) is 56.1 cm³/mol. The average Bonchev–Trinajstić information content (AvgIpc) is 2.52. The molecule has 0 spiro atoms. The number of carbonyl (C=O) groups excluding carboxylic acids is 1. The number of hydrogen-bond donors (Lipinski definition) is 1. The lowest BCUT2D eigenvalue weighted by Crippen LogP contribution is -2.47. The number of nitrogens with one attached hydrogen (secondary N) is 1. The van der Waals surface area contributed by atoms with Gasteiger partial charge in [-0.3, -0.25) is 4.79 Å². The van der Waals surface area contributed by atoms with E-state index in [1.165, 1.54) is 19.3 Å². The second-order valence-electron chi connectivity index (χ2n) is 4.64. The maximum Gasteiger partial charge on any atom is 0.222 e. The molecule has 0 radical (unpaired) electrons. The average molecular weight is 196 g/mol. The molecule has 0 aromatic rings. The van der Waals surface area contributed by atoms with Gasteiger partial charge in [0.15, 0.2) is 0 Å². The molecule has 3 nitrogen and oxygen atoms in total. The van der Waals surface area contributed by atoms with Crippen molar-refractivity contribution in [1.82, 2.24) is 10.2 Å². The minimum atomic E-state index is 0.352. The molecule has 14 heavy (non-hydrogen) atoms. The second-order valence-corrected chi connectivity index (χ2v) is 4.64. The Hall–Kier alpha value is -0.570. The summed E-state index contributed by atoms with van der Waals surface area (Å²) < 4.78 is 0. The van der Waals surface area contributed by atoms with Crippen molar-refractivity contribution in [3.05, 3.63) is 0 Å². The fourth-order valence-corrected chi connectivity index (χ4v) is 2.55. The quantitative estimate of drug-likeness (QED) is 0.718. The van der Waals surface area contributed by atoms with Crippen LogP contribution in [-0.4, -0.2) is 36.0 Å². The van der Waals surface area contributed by atoms with Gasteiger partial charge in [0.25, 0.3) is 0 Å². The third kappa shape index (κ3) is 2.27. The van der Waals surface area contributed by atoms with Crippen molar-refractivity contribution in [2.75, 3.05) is 13.1 Å². The van der Waals surface area contributed by atoms with Crippen molar-refractivity contribution in [3.63, 3.8) is 0 Å². The van der Waals surface area contributed by atoms with Gasteiger partial charge in [0, 0.05) is 31.6 Å². The summed E-state index contributed by atoms with van der Waals surface area (Å²) in [5, 5.41) is 3.57. The maximum atomic E-state index is 11.4. The standard InChI is InChI=1S/C11H20N2O/c1-9-4-2-5-10(12-9)8-13-7-3-6-11(13)14/h9-10,12H,2-8H2,1H3. The van der Waals surface area contributed by atoms with Gasteiger partial charge in [0.2, 0.25) is 5.91 Å². The highest BCUT2D eigenvalue weighted by atomic mass is 16.2. The zero-order valence-electron chi connectivity index (χ0n) is 8.96. The molecule has 2 saturated heterocycles. The Morgan fingerprint density at radius 3 is 2.93 bits per heavy atom. The summed E-state index contributed by atoms with van der Waals surface area (Å²) in [5.74, 6) is 0.352. The number of carbonyl (C=O) groups is 1. The van der Waals surface area contributed by atoms with Gasteiger partial charge in [0.05, 0.1) is 0 Å². The highest BCUT2D eigenvalue weighted by Crippen LogP contribution is 2.16. The summed E-state index contributed by atoms with van der Waals surface area (Å²) in [6, 6.07) is 1.17. The van der Waals surface area contributed by atoms with Gasteiger partial charge in [-0.15, -0.1) is 0 Å². The molecule has 2 fully saturated rings. The Morgan fingerprint density at radius 1 is 1.43 bits per heavy atom. The van der Waals surface area contributed by atoms with Crippen LogP contribution in [0.3, 0.4) is 0 Å². The van der Waals surface area contributed by atoms with Gasteiger partial charge in [-0.2, -0.15) is 0 Å². The van der Waals surface area contributed by atoms with Crippen LogP contribution in [0.25, 0.3) is 0 Å². The van der Waals surface area contributed by atoms with E-state index in [2.05, 4.69) is 12.2 Å². The molecule has 2 rings (SSSR count). The summed E-state index contributed by atoms with van der Waals surface area (Å²) in [5.41, 5.74) is 0. The summed E-state index contributed by atoms with van der Waals surface area (Å²) in [4.78, 5) is 13.5. The highest BCUT2D eigenvalue weighted by Gasteiger charge is 2.25. The molecule has 3 heteroatoms. The lowest BCUT2D eigenvalue weighted by atomic mass is 9.99. The minimum Gasteiger partial charge on any atom is -0.341 e. The van der Waals surface area contributed by atoms with E-state index < -0.39 is 0 Å². The molecule has 0 aliphatic carbocycles. The van der Waals surface area contributed by atoms with E-state index in [-0.39, 0.29) is 0 Å². The fourth-order valence-electron chi connectivity index (χ4n) is 2.55. The first-order chi connectivity index (χ1) is 6.75. The van der Waals surface area contributed by atoms with Crippen molar-refractivity contribution in [1.29, 1.82) is 0 Å². The summed E-state index contributed by atoms with van der Waals surface area (Å²) in [6.07, 6.45) is 5.64. The van der Waals surface area contributed by atoms with E-state index in [1.807, 2.05) is 4.90 Å². The highest BCUT2D eigenvalue weighted by molar-refractivity contribution is 5.78. The first-order valence-electron chi connectivity index (χ1n) is 5.79. The van der Waals surface area contributed by atoms with Crippen LogP contribution in [0.1, 0.15) is 39.0 Å². The van der Waals surface area contributed by atoms with Crippen LogP contribution in [0.15, 0.2) is 0 Å². The Balaban J connectivity index is 1.81. The minimum absolute atomic E-state index is 0.352. The fraction of sp³-hybridized carbons (Fsp3) is 0.909. The molecule has 2 heterocycles. The summed E-state index contributed by atoms with van der Waals surface area (Å²) in [7, 11) is 0. The topological polar surface area (TPSA) is 32.3 Å². The molecule has 0 aromatic carbocycles.